The molecule has 3 unspecified atom stereocenters. The largest absolute Gasteiger partial charge is 0.443 e. The van der Waals surface area contributed by atoms with E-state index in [1.54, 1.807) is 7.11 Å². The molecule has 2 heterocycles. The highest BCUT2D eigenvalue weighted by Gasteiger charge is 2.72. The van der Waals surface area contributed by atoms with Gasteiger partial charge >= 0.3 is 6.09 Å². The van der Waals surface area contributed by atoms with Gasteiger partial charge in [-0.3, -0.25) is 0 Å². The Balaban J connectivity index is 1.45. The molecule has 176 valence electrons. The van der Waals surface area contributed by atoms with E-state index in [9.17, 15) is 4.79 Å². The van der Waals surface area contributed by atoms with Crippen molar-refractivity contribution < 1.29 is 27.9 Å². The number of thiol groups is 1. The predicted molar refractivity (Wildman–Crippen MR) is 119 cm³/mol. The molecule has 0 aromatic rings. The second-order valence-electron chi connectivity index (χ2n) is 10.2. The van der Waals surface area contributed by atoms with Gasteiger partial charge in [0.05, 0.1) is 30.8 Å². The molecule has 8 heteroatoms. The monoisotopic (exact) mass is 455 g/mol. The fourth-order valence-electron chi connectivity index (χ4n) is 5.93. The van der Waals surface area contributed by atoms with Crippen LogP contribution in [0.25, 0.3) is 0 Å². The Morgan fingerprint density at radius 3 is 2.55 bits per heavy atom. The van der Waals surface area contributed by atoms with Crippen LogP contribution in [-0.2, 0) is 23.1 Å². The fourth-order valence-corrected chi connectivity index (χ4v) is 6.18. The van der Waals surface area contributed by atoms with Gasteiger partial charge in [0.1, 0.15) is 23.4 Å². The van der Waals surface area contributed by atoms with E-state index in [0.717, 1.165) is 38.5 Å². The number of nitrogens with one attached hydrogen (secondary N) is 1. The lowest BCUT2D eigenvalue weighted by Crippen LogP contribution is -2.57. The van der Waals surface area contributed by atoms with E-state index < -0.39 is 11.6 Å². The van der Waals surface area contributed by atoms with Crippen molar-refractivity contribution in [3.05, 3.63) is 11.6 Å². The summed E-state index contributed by atoms with van der Waals surface area (Å²) in [5, 5.41) is 3.07. The molecule has 2 aliphatic heterocycles. The predicted octanol–water partition coefficient (Wildman–Crippen LogP) is 3.96. The van der Waals surface area contributed by atoms with Gasteiger partial charge in [0.25, 0.3) is 0 Å². The summed E-state index contributed by atoms with van der Waals surface area (Å²) < 4.78 is 29.2. The number of amides is 1. The average molecular weight is 456 g/mol. The number of epoxide rings is 2. The van der Waals surface area contributed by atoms with Crippen molar-refractivity contribution >= 4 is 19.0 Å². The Hall–Kier alpha value is -0.800. The molecule has 4 aliphatic rings. The Bertz CT molecular complexity index is 700. The number of hydrogen-bond acceptors (Lipinski definition) is 7. The van der Waals surface area contributed by atoms with Crippen LogP contribution < -0.4 is 5.32 Å². The third kappa shape index (κ3) is 4.64. The van der Waals surface area contributed by atoms with Crippen LogP contribution in [0, 0.1) is 5.92 Å². The molecular formula is C23H37NO6S. The van der Waals surface area contributed by atoms with Crippen molar-refractivity contribution in [3.63, 3.8) is 0 Å². The molecule has 2 saturated heterocycles. The minimum atomic E-state index is -0.409. The lowest BCUT2D eigenvalue weighted by Gasteiger charge is -2.43. The number of ether oxygens (including phenoxy) is 4. The summed E-state index contributed by atoms with van der Waals surface area (Å²) in [5.41, 5.74) is 0.329. The van der Waals surface area contributed by atoms with Crippen LogP contribution in [0.15, 0.2) is 11.6 Å². The van der Waals surface area contributed by atoms with Gasteiger partial charge in [0.15, 0.2) is 0 Å². The summed E-state index contributed by atoms with van der Waals surface area (Å²) in [6.45, 7) is 7.44. The van der Waals surface area contributed by atoms with Gasteiger partial charge in [-0.2, -0.15) is 0 Å². The maximum absolute atomic E-state index is 12.9. The molecule has 4 rings (SSSR count). The highest BCUT2D eigenvalue weighted by atomic mass is 32.1. The van der Waals surface area contributed by atoms with Crippen LogP contribution in [0.1, 0.15) is 65.7 Å². The molecule has 6 atom stereocenters. The second kappa shape index (κ2) is 8.86. The maximum atomic E-state index is 12.9. The van der Waals surface area contributed by atoms with Gasteiger partial charge < -0.3 is 28.4 Å². The number of alkyl carbamates (subject to hydrolysis) is 1. The summed E-state index contributed by atoms with van der Waals surface area (Å²) in [6.07, 6.45) is 7.63. The first-order chi connectivity index (χ1) is 14.8. The fraction of sp³-hybridized carbons (Fsp3) is 0.870. The summed E-state index contributed by atoms with van der Waals surface area (Å²) in [5.74, 6) is 0.0216. The third-order valence-electron chi connectivity index (χ3n) is 7.76. The molecule has 31 heavy (non-hydrogen) atoms. The number of carbonyl (C=O) groups excluding carboxylic acids is 1. The van der Waals surface area contributed by atoms with Gasteiger partial charge in [-0.1, -0.05) is 24.5 Å². The summed E-state index contributed by atoms with van der Waals surface area (Å²) >= 11 is 3.90. The van der Waals surface area contributed by atoms with Crippen LogP contribution in [0.4, 0.5) is 4.79 Å². The Kier molecular flexibility index (Phi) is 6.68. The number of hydrogen-bond donors (Lipinski definition) is 2. The molecule has 0 bridgehead atoms. The van der Waals surface area contributed by atoms with Crippen LogP contribution in [0.3, 0.4) is 0 Å². The third-order valence-corrected chi connectivity index (χ3v) is 7.89. The van der Waals surface area contributed by atoms with Crippen molar-refractivity contribution in [1.82, 2.24) is 5.32 Å². The van der Waals surface area contributed by atoms with Crippen LogP contribution in [0.5, 0.6) is 0 Å². The molecule has 4 fully saturated rings. The zero-order valence-electron chi connectivity index (χ0n) is 19.1. The first-order valence-electron chi connectivity index (χ1n) is 11.5. The molecule has 2 saturated carbocycles. The Morgan fingerprint density at radius 1 is 1.26 bits per heavy atom. The summed E-state index contributed by atoms with van der Waals surface area (Å²) in [6, 6.07) is 0. The van der Waals surface area contributed by atoms with Crippen molar-refractivity contribution in [3.8, 4) is 0 Å². The van der Waals surface area contributed by atoms with Gasteiger partial charge in [0, 0.05) is 7.11 Å². The minimum Gasteiger partial charge on any atom is -0.443 e. The van der Waals surface area contributed by atoms with Crippen LogP contribution in [0.2, 0.25) is 0 Å². The molecule has 1 amide bonds. The smallest absolute Gasteiger partial charge is 0.408 e. The molecular weight excluding hydrogens is 418 g/mol. The van der Waals surface area contributed by atoms with E-state index in [2.05, 4.69) is 45.1 Å². The van der Waals surface area contributed by atoms with Gasteiger partial charge in [-0.15, -0.1) is 0 Å². The maximum Gasteiger partial charge on any atom is 0.408 e. The first kappa shape index (κ1) is 23.4. The zero-order valence-corrected chi connectivity index (χ0v) is 20.0. The van der Waals surface area contributed by atoms with Crippen molar-refractivity contribution in [2.75, 3.05) is 20.3 Å². The van der Waals surface area contributed by atoms with E-state index in [4.69, 9.17) is 23.1 Å². The van der Waals surface area contributed by atoms with E-state index >= 15 is 0 Å². The zero-order chi connectivity index (χ0) is 22.3. The van der Waals surface area contributed by atoms with Crippen LogP contribution >= 0.6 is 12.9 Å². The normalized spacial score (nSPS) is 40.4. The van der Waals surface area contributed by atoms with Crippen molar-refractivity contribution in [2.24, 2.45) is 5.92 Å². The molecule has 1 N–H and O–H groups in total. The minimum absolute atomic E-state index is 0.0216. The SMILES string of the molecule is COC1C(OC(=O)NC2(COS)CCCC2)CC[C@]2(CO2)C1[C@@]1(C)O[C@@H]1CC=C(C)C. The lowest BCUT2D eigenvalue weighted by molar-refractivity contribution is -0.118. The van der Waals surface area contributed by atoms with E-state index in [-0.39, 0.29) is 35.4 Å². The average Bonchev–Trinajstić information content (AvgIpc) is 3.58. The van der Waals surface area contributed by atoms with E-state index in [0.29, 0.717) is 19.6 Å². The van der Waals surface area contributed by atoms with Crippen LogP contribution in [-0.4, -0.2) is 61.5 Å². The highest BCUT2D eigenvalue weighted by molar-refractivity contribution is 7.75. The number of carbonyl (C=O) groups is 1. The lowest BCUT2D eigenvalue weighted by atomic mass is 9.68. The van der Waals surface area contributed by atoms with Gasteiger partial charge in [-0.05, 0) is 65.8 Å². The molecule has 0 aromatic carbocycles. The molecule has 0 aromatic heterocycles. The summed E-state index contributed by atoms with van der Waals surface area (Å²) in [4.78, 5) is 12.9. The Labute approximate surface area is 191 Å². The number of allylic oxidation sites excluding steroid dienone is 1. The molecule has 7 nitrogen and oxygen atoms in total. The highest BCUT2D eigenvalue weighted by Crippen LogP contribution is 2.59. The first-order valence-corrected chi connectivity index (χ1v) is 11.9. The Morgan fingerprint density at radius 2 is 1.97 bits per heavy atom. The molecule has 1 spiro atoms. The van der Waals surface area contributed by atoms with E-state index in [1.165, 1.54) is 5.57 Å². The van der Waals surface area contributed by atoms with Gasteiger partial charge in [0.2, 0.25) is 0 Å². The summed E-state index contributed by atoms with van der Waals surface area (Å²) in [7, 11) is 1.69. The molecule has 0 radical (unpaired) electrons. The van der Waals surface area contributed by atoms with E-state index in [1.807, 2.05) is 0 Å². The number of rotatable bonds is 8. The van der Waals surface area contributed by atoms with Gasteiger partial charge in [-0.25, -0.2) is 4.79 Å². The second-order valence-corrected chi connectivity index (χ2v) is 10.5. The topological polar surface area (TPSA) is 81.9 Å². The quantitative estimate of drug-likeness (QED) is 0.250. The molecule has 2 aliphatic carbocycles. The van der Waals surface area contributed by atoms with Crippen molar-refractivity contribution in [1.29, 1.82) is 0 Å². The number of methoxy groups -OCH3 is 1. The van der Waals surface area contributed by atoms with Crippen molar-refractivity contribution in [2.45, 2.75) is 101 Å². The standard InChI is InChI=1S/C23H37NO6S/c1-15(2)7-8-17-21(3,30-17)19-18(26-4)16(9-12-23(19)14-27-23)29-20(25)24-22(13-28-31)10-5-6-11-22/h7,16-19,31H,5-6,8-14H2,1-4H3,(H,24,25)/t16?,17-,18?,19?,21+,23+/m1/s1.